The van der Waals surface area contributed by atoms with Crippen molar-refractivity contribution in [1.29, 1.82) is 0 Å². The SMILES string of the molecule is CC.CC.CNCCc1c[nH]c2ccc(OC)cc12. The van der Waals surface area contributed by atoms with E-state index in [0.717, 1.165) is 18.7 Å². The maximum absolute atomic E-state index is 5.22. The van der Waals surface area contributed by atoms with Gasteiger partial charge in [-0.05, 0) is 43.8 Å². The summed E-state index contributed by atoms with van der Waals surface area (Å²) in [5.41, 5.74) is 2.50. The molecular formula is C16H28N2O. The molecule has 0 unspecified atom stereocenters. The first-order valence-corrected chi connectivity index (χ1v) is 7.13. The third kappa shape index (κ3) is 4.95. The number of nitrogens with one attached hydrogen (secondary N) is 2. The predicted octanol–water partition coefficient (Wildman–Crippen LogP) is 3.99. The van der Waals surface area contributed by atoms with Crippen molar-refractivity contribution in [2.45, 2.75) is 34.1 Å². The van der Waals surface area contributed by atoms with Crippen LogP contribution in [0.5, 0.6) is 5.75 Å². The Bertz CT molecular complexity index is 449. The number of hydrogen-bond donors (Lipinski definition) is 2. The number of rotatable bonds is 4. The van der Waals surface area contributed by atoms with Crippen molar-refractivity contribution < 1.29 is 4.74 Å². The minimum atomic E-state index is 0.910. The summed E-state index contributed by atoms with van der Waals surface area (Å²) in [6.45, 7) is 8.99. The fourth-order valence-electron chi connectivity index (χ4n) is 1.75. The van der Waals surface area contributed by atoms with Gasteiger partial charge in [-0.1, -0.05) is 27.7 Å². The maximum atomic E-state index is 5.22. The van der Waals surface area contributed by atoms with Gasteiger partial charge in [-0.2, -0.15) is 0 Å². The van der Waals surface area contributed by atoms with E-state index in [4.69, 9.17) is 4.74 Å². The Morgan fingerprint density at radius 1 is 1.16 bits per heavy atom. The van der Waals surface area contributed by atoms with E-state index < -0.39 is 0 Å². The standard InChI is InChI=1S/C12H16N2O.2C2H6/c1-13-6-5-9-8-14-12-4-3-10(15-2)7-11(9)12;2*1-2/h3-4,7-8,13-14H,5-6H2,1-2H3;2*1-2H3. The number of H-pyrrole nitrogens is 1. The molecule has 0 saturated carbocycles. The van der Waals surface area contributed by atoms with Gasteiger partial charge in [0.2, 0.25) is 0 Å². The second-order valence-corrected chi connectivity index (χ2v) is 3.58. The molecule has 2 rings (SSSR count). The average Bonchev–Trinajstić information content (AvgIpc) is 2.91. The first-order chi connectivity index (χ1) is 9.35. The minimum absolute atomic E-state index is 0.910. The molecule has 0 atom stereocenters. The molecule has 3 nitrogen and oxygen atoms in total. The average molecular weight is 264 g/mol. The van der Waals surface area contributed by atoms with Gasteiger partial charge in [0.1, 0.15) is 5.75 Å². The van der Waals surface area contributed by atoms with Crippen LogP contribution >= 0.6 is 0 Å². The summed E-state index contributed by atoms with van der Waals surface area (Å²) < 4.78 is 5.22. The molecule has 0 fully saturated rings. The number of likely N-dealkylation sites (N-methyl/N-ethyl adjacent to an activating group) is 1. The van der Waals surface area contributed by atoms with Crippen molar-refractivity contribution >= 4 is 10.9 Å². The van der Waals surface area contributed by atoms with Crippen LogP contribution in [0.1, 0.15) is 33.3 Å². The number of aromatic nitrogens is 1. The summed E-state index contributed by atoms with van der Waals surface area (Å²) >= 11 is 0. The van der Waals surface area contributed by atoms with Gasteiger partial charge < -0.3 is 15.0 Å². The van der Waals surface area contributed by atoms with E-state index in [1.54, 1.807) is 7.11 Å². The zero-order valence-electron chi connectivity index (χ0n) is 13.1. The van der Waals surface area contributed by atoms with E-state index >= 15 is 0 Å². The van der Waals surface area contributed by atoms with Crippen molar-refractivity contribution in [2.75, 3.05) is 20.7 Å². The highest BCUT2D eigenvalue weighted by atomic mass is 16.5. The number of hydrogen-bond acceptors (Lipinski definition) is 2. The van der Waals surface area contributed by atoms with Gasteiger partial charge in [-0.15, -0.1) is 0 Å². The lowest BCUT2D eigenvalue weighted by Crippen LogP contribution is -2.09. The molecule has 0 amide bonds. The van der Waals surface area contributed by atoms with Crippen LogP contribution in [0, 0.1) is 0 Å². The largest absolute Gasteiger partial charge is 0.497 e. The Labute approximate surface area is 117 Å². The highest BCUT2D eigenvalue weighted by Crippen LogP contribution is 2.23. The van der Waals surface area contributed by atoms with Gasteiger partial charge in [0, 0.05) is 17.1 Å². The third-order valence-corrected chi connectivity index (χ3v) is 2.62. The lowest BCUT2D eigenvalue weighted by molar-refractivity contribution is 0.415. The Morgan fingerprint density at radius 3 is 2.42 bits per heavy atom. The number of methoxy groups -OCH3 is 1. The maximum Gasteiger partial charge on any atom is 0.119 e. The highest BCUT2D eigenvalue weighted by molar-refractivity contribution is 5.84. The van der Waals surface area contributed by atoms with Crippen LogP contribution < -0.4 is 10.1 Å². The molecule has 0 aliphatic rings. The van der Waals surface area contributed by atoms with Crippen molar-refractivity contribution in [1.82, 2.24) is 10.3 Å². The van der Waals surface area contributed by atoms with Gasteiger partial charge in [-0.3, -0.25) is 0 Å². The molecule has 3 heteroatoms. The van der Waals surface area contributed by atoms with Crippen LogP contribution in [0.4, 0.5) is 0 Å². The summed E-state index contributed by atoms with van der Waals surface area (Å²) in [6, 6.07) is 6.11. The van der Waals surface area contributed by atoms with E-state index in [2.05, 4.69) is 28.6 Å². The summed E-state index contributed by atoms with van der Waals surface area (Å²) in [5, 5.41) is 4.41. The summed E-state index contributed by atoms with van der Waals surface area (Å²) in [7, 11) is 3.66. The molecule has 1 heterocycles. The Hall–Kier alpha value is -1.48. The van der Waals surface area contributed by atoms with Gasteiger partial charge in [0.15, 0.2) is 0 Å². The topological polar surface area (TPSA) is 37.0 Å². The van der Waals surface area contributed by atoms with E-state index in [0.29, 0.717) is 0 Å². The van der Waals surface area contributed by atoms with Crippen LogP contribution in [0.2, 0.25) is 0 Å². The Balaban J connectivity index is 0.000000741. The fraction of sp³-hybridized carbons (Fsp3) is 0.500. The number of aromatic amines is 1. The predicted molar refractivity (Wildman–Crippen MR) is 85.2 cm³/mol. The number of benzene rings is 1. The zero-order valence-corrected chi connectivity index (χ0v) is 13.1. The Morgan fingerprint density at radius 2 is 1.84 bits per heavy atom. The molecule has 1 aromatic heterocycles. The number of ether oxygens (including phenoxy) is 1. The first kappa shape index (κ1) is 17.5. The molecule has 2 aromatic rings. The molecule has 0 aliphatic carbocycles. The molecule has 0 spiro atoms. The van der Waals surface area contributed by atoms with Crippen molar-refractivity contribution in [3.63, 3.8) is 0 Å². The number of fused-ring (bicyclic) bond motifs is 1. The summed E-state index contributed by atoms with van der Waals surface area (Å²) in [6.07, 6.45) is 3.10. The summed E-state index contributed by atoms with van der Waals surface area (Å²) in [5.74, 6) is 0.910. The smallest absolute Gasteiger partial charge is 0.119 e. The molecular weight excluding hydrogens is 236 g/mol. The van der Waals surface area contributed by atoms with E-state index in [9.17, 15) is 0 Å². The zero-order chi connectivity index (χ0) is 14.7. The van der Waals surface area contributed by atoms with E-state index in [-0.39, 0.29) is 0 Å². The van der Waals surface area contributed by atoms with Gasteiger partial charge in [0.05, 0.1) is 7.11 Å². The Kier molecular flexibility index (Phi) is 9.63. The first-order valence-electron chi connectivity index (χ1n) is 7.13. The van der Waals surface area contributed by atoms with Crippen LogP contribution in [0.25, 0.3) is 10.9 Å². The second-order valence-electron chi connectivity index (χ2n) is 3.58. The summed E-state index contributed by atoms with van der Waals surface area (Å²) in [4.78, 5) is 3.27. The van der Waals surface area contributed by atoms with Crippen LogP contribution in [-0.2, 0) is 6.42 Å². The lowest BCUT2D eigenvalue weighted by atomic mass is 10.1. The normalized spacial score (nSPS) is 9.16. The molecule has 2 N–H and O–H groups in total. The molecule has 0 radical (unpaired) electrons. The van der Waals surface area contributed by atoms with Crippen molar-refractivity contribution in [2.24, 2.45) is 0 Å². The molecule has 0 bridgehead atoms. The monoisotopic (exact) mass is 264 g/mol. The molecule has 0 saturated heterocycles. The minimum Gasteiger partial charge on any atom is -0.497 e. The van der Waals surface area contributed by atoms with Crippen LogP contribution in [0.3, 0.4) is 0 Å². The third-order valence-electron chi connectivity index (χ3n) is 2.62. The van der Waals surface area contributed by atoms with E-state index in [1.165, 1.54) is 16.5 Å². The molecule has 108 valence electrons. The molecule has 0 aliphatic heterocycles. The van der Waals surface area contributed by atoms with Gasteiger partial charge in [0.25, 0.3) is 0 Å². The van der Waals surface area contributed by atoms with Gasteiger partial charge >= 0.3 is 0 Å². The quantitative estimate of drug-likeness (QED) is 0.876. The van der Waals surface area contributed by atoms with Gasteiger partial charge in [-0.25, -0.2) is 0 Å². The van der Waals surface area contributed by atoms with Crippen molar-refractivity contribution in [3.8, 4) is 5.75 Å². The fourth-order valence-corrected chi connectivity index (χ4v) is 1.75. The molecule has 1 aromatic carbocycles. The van der Waals surface area contributed by atoms with E-state index in [1.807, 2.05) is 40.8 Å². The van der Waals surface area contributed by atoms with Crippen LogP contribution in [0.15, 0.2) is 24.4 Å². The van der Waals surface area contributed by atoms with Crippen molar-refractivity contribution in [3.05, 3.63) is 30.0 Å². The lowest BCUT2D eigenvalue weighted by Gasteiger charge is -2.01. The van der Waals surface area contributed by atoms with Crippen LogP contribution in [-0.4, -0.2) is 25.7 Å². The second kappa shape index (κ2) is 10.4. The highest BCUT2D eigenvalue weighted by Gasteiger charge is 2.04. The molecule has 19 heavy (non-hydrogen) atoms.